The van der Waals surface area contributed by atoms with Crippen LogP contribution in [0.3, 0.4) is 0 Å². The van der Waals surface area contributed by atoms with E-state index in [0.717, 1.165) is 0 Å². The third-order valence-electron chi connectivity index (χ3n) is 4.09. The summed E-state index contributed by atoms with van der Waals surface area (Å²) >= 11 is 0. The molecule has 0 aliphatic rings. The second-order valence-corrected chi connectivity index (χ2v) is 7.58. The van der Waals surface area contributed by atoms with Crippen molar-refractivity contribution in [2.24, 2.45) is 21.9 Å². The highest BCUT2D eigenvalue weighted by atomic mass is 16.5. The number of hydrogen-bond donors (Lipinski definition) is 2. The van der Waals surface area contributed by atoms with Gasteiger partial charge in [0.15, 0.2) is 0 Å². The average molecular weight is 273 g/mol. The molecule has 0 heterocycles. The first-order valence-corrected chi connectivity index (χ1v) is 6.78. The smallest absolute Gasteiger partial charge is 0.0939 e. The van der Waals surface area contributed by atoms with Gasteiger partial charge in [0.25, 0.3) is 0 Å². The summed E-state index contributed by atoms with van der Waals surface area (Å²) in [6, 6.07) is 0. The lowest BCUT2D eigenvalue weighted by Gasteiger charge is -2.45. The first-order chi connectivity index (χ1) is 8.30. The molecule has 19 heavy (non-hydrogen) atoms. The van der Waals surface area contributed by atoms with E-state index in [-0.39, 0.29) is 16.7 Å². The quantitative estimate of drug-likeness (QED) is 0.469. The fraction of sp³-hybridized carbons (Fsp3) is 0.933. The number of hydrogen-bond acceptors (Lipinski definition) is 4. The molecular weight excluding hydrogens is 242 g/mol. The second kappa shape index (κ2) is 5.80. The monoisotopic (exact) mass is 273 g/mol. The van der Waals surface area contributed by atoms with Gasteiger partial charge in [0, 0.05) is 18.4 Å². The van der Waals surface area contributed by atoms with Gasteiger partial charge in [-0.25, -0.2) is 0 Å². The standard InChI is InChI=1S/C15H31NO3/c1-10(11(16-18)13(2,3)4)12(19-9)15(8,17)14(5,6)7/h10,12,17-18H,1-9H3/t10-,12+,15-/m0/s1. The van der Waals surface area contributed by atoms with Crippen LogP contribution in [0, 0.1) is 16.7 Å². The van der Waals surface area contributed by atoms with Crippen LogP contribution in [0.5, 0.6) is 0 Å². The summed E-state index contributed by atoms with van der Waals surface area (Å²) in [6.45, 7) is 15.6. The Balaban J connectivity index is 5.52. The van der Waals surface area contributed by atoms with Crippen LogP contribution in [0.2, 0.25) is 0 Å². The van der Waals surface area contributed by atoms with Gasteiger partial charge in [0.2, 0.25) is 0 Å². The maximum Gasteiger partial charge on any atom is 0.0939 e. The van der Waals surface area contributed by atoms with Crippen LogP contribution in [0.4, 0.5) is 0 Å². The molecule has 4 heteroatoms. The third kappa shape index (κ3) is 3.93. The third-order valence-corrected chi connectivity index (χ3v) is 4.09. The Hall–Kier alpha value is -0.610. The molecule has 0 saturated carbocycles. The zero-order valence-corrected chi connectivity index (χ0v) is 13.9. The first kappa shape index (κ1) is 18.4. The number of methoxy groups -OCH3 is 1. The molecule has 0 saturated heterocycles. The summed E-state index contributed by atoms with van der Waals surface area (Å²) in [5, 5.41) is 23.6. The Bertz CT molecular complexity index is 321. The van der Waals surface area contributed by atoms with Crippen molar-refractivity contribution < 1.29 is 15.1 Å². The zero-order chi connectivity index (χ0) is 15.6. The Morgan fingerprint density at radius 2 is 1.47 bits per heavy atom. The Kier molecular flexibility index (Phi) is 5.61. The van der Waals surface area contributed by atoms with Crippen molar-refractivity contribution in [1.29, 1.82) is 0 Å². The van der Waals surface area contributed by atoms with Crippen LogP contribution < -0.4 is 0 Å². The van der Waals surface area contributed by atoms with E-state index in [1.165, 1.54) is 0 Å². The molecule has 4 nitrogen and oxygen atoms in total. The van der Waals surface area contributed by atoms with Crippen molar-refractivity contribution in [2.75, 3.05) is 7.11 Å². The first-order valence-electron chi connectivity index (χ1n) is 6.78. The van der Waals surface area contributed by atoms with Gasteiger partial charge in [-0.3, -0.25) is 0 Å². The highest BCUT2D eigenvalue weighted by Gasteiger charge is 2.47. The number of oxime groups is 1. The molecule has 0 unspecified atom stereocenters. The van der Waals surface area contributed by atoms with Crippen LogP contribution >= 0.6 is 0 Å². The molecule has 0 aromatic carbocycles. The summed E-state index contributed by atoms with van der Waals surface area (Å²) in [5.74, 6) is -0.191. The molecule has 2 N–H and O–H groups in total. The highest BCUT2D eigenvalue weighted by molar-refractivity contribution is 5.91. The number of ether oxygens (including phenoxy) is 1. The number of aliphatic hydroxyl groups is 1. The number of rotatable bonds is 4. The van der Waals surface area contributed by atoms with Crippen LogP contribution in [-0.2, 0) is 4.74 Å². The van der Waals surface area contributed by atoms with E-state index >= 15 is 0 Å². The predicted molar refractivity (Wildman–Crippen MR) is 78.7 cm³/mol. The maximum absolute atomic E-state index is 10.8. The second-order valence-electron chi connectivity index (χ2n) is 7.58. The van der Waals surface area contributed by atoms with E-state index in [1.807, 2.05) is 48.5 Å². The topological polar surface area (TPSA) is 62.0 Å². The molecule has 0 bridgehead atoms. The highest BCUT2D eigenvalue weighted by Crippen LogP contribution is 2.39. The molecule has 0 aliphatic heterocycles. The van der Waals surface area contributed by atoms with Crippen molar-refractivity contribution >= 4 is 5.71 Å². The van der Waals surface area contributed by atoms with E-state index in [0.29, 0.717) is 5.71 Å². The van der Waals surface area contributed by atoms with Crippen LogP contribution in [0.25, 0.3) is 0 Å². The van der Waals surface area contributed by atoms with Crippen LogP contribution in [0.1, 0.15) is 55.4 Å². The molecule has 0 rings (SSSR count). The van der Waals surface area contributed by atoms with Gasteiger partial charge in [-0.15, -0.1) is 0 Å². The maximum atomic E-state index is 10.8. The van der Waals surface area contributed by atoms with Crippen LogP contribution in [-0.4, -0.2) is 34.8 Å². The molecule has 0 aromatic heterocycles. The molecule has 114 valence electrons. The summed E-state index contributed by atoms with van der Waals surface area (Å²) < 4.78 is 5.54. The van der Waals surface area contributed by atoms with Gasteiger partial charge in [-0.05, 0) is 12.3 Å². The van der Waals surface area contributed by atoms with Crippen molar-refractivity contribution in [3.8, 4) is 0 Å². The minimum atomic E-state index is -1.04. The zero-order valence-electron chi connectivity index (χ0n) is 13.9. The Morgan fingerprint density at radius 3 is 1.68 bits per heavy atom. The molecule has 3 atom stereocenters. The molecule has 0 fully saturated rings. The fourth-order valence-electron chi connectivity index (χ4n) is 2.41. The molecule has 0 amide bonds. The van der Waals surface area contributed by atoms with E-state index in [2.05, 4.69) is 5.16 Å². The van der Waals surface area contributed by atoms with Crippen molar-refractivity contribution in [2.45, 2.75) is 67.1 Å². The lowest BCUT2D eigenvalue weighted by atomic mass is 9.68. The van der Waals surface area contributed by atoms with E-state index < -0.39 is 11.7 Å². The van der Waals surface area contributed by atoms with Gasteiger partial charge in [0.1, 0.15) is 0 Å². The van der Waals surface area contributed by atoms with Crippen molar-refractivity contribution in [3.05, 3.63) is 0 Å². The Morgan fingerprint density at radius 1 is 1.05 bits per heavy atom. The van der Waals surface area contributed by atoms with Gasteiger partial charge in [-0.2, -0.15) is 0 Å². The van der Waals surface area contributed by atoms with Gasteiger partial charge < -0.3 is 15.1 Å². The van der Waals surface area contributed by atoms with Crippen molar-refractivity contribution in [3.63, 3.8) is 0 Å². The largest absolute Gasteiger partial charge is 0.411 e. The van der Waals surface area contributed by atoms with Gasteiger partial charge in [-0.1, -0.05) is 53.6 Å². The summed E-state index contributed by atoms with van der Waals surface area (Å²) in [4.78, 5) is 0. The van der Waals surface area contributed by atoms with Gasteiger partial charge in [0.05, 0.1) is 17.4 Å². The fourth-order valence-corrected chi connectivity index (χ4v) is 2.41. The van der Waals surface area contributed by atoms with E-state index in [1.54, 1.807) is 14.0 Å². The molecule has 0 aliphatic carbocycles. The molecular formula is C15H31NO3. The SMILES string of the molecule is CO[C@H]([C@@H](C)C(=NO)C(C)(C)C)[C@](C)(O)C(C)(C)C. The minimum absolute atomic E-state index is 0.191. The van der Waals surface area contributed by atoms with Crippen molar-refractivity contribution in [1.82, 2.24) is 0 Å². The minimum Gasteiger partial charge on any atom is -0.411 e. The normalized spacial score (nSPS) is 20.8. The average Bonchev–Trinajstić information content (AvgIpc) is 2.14. The number of nitrogens with zero attached hydrogens (tertiary/aromatic N) is 1. The summed E-state index contributed by atoms with van der Waals surface area (Å²) in [6.07, 6.45) is -0.447. The Labute approximate surface area is 117 Å². The van der Waals surface area contributed by atoms with Gasteiger partial charge >= 0.3 is 0 Å². The molecule has 0 radical (unpaired) electrons. The van der Waals surface area contributed by atoms with E-state index in [9.17, 15) is 10.3 Å². The molecule has 0 aromatic rings. The lowest BCUT2D eigenvalue weighted by molar-refractivity contribution is -0.151. The van der Waals surface area contributed by atoms with Crippen LogP contribution in [0.15, 0.2) is 5.16 Å². The summed E-state index contributed by atoms with van der Waals surface area (Å²) in [5.41, 5.74) is -1.04. The summed E-state index contributed by atoms with van der Waals surface area (Å²) in [7, 11) is 1.58. The predicted octanol–water partition coefficient (Wildman–Crippen LogP) is 3.31. The molecule has 0 spiro atoms. The van der Waals surface area contributed by atoms with E-state index in [4.69, 9.17) is 4.74 Å². The lowest BCUT2D eigenvalue weighted by Crippen LogP contribution is -2.55.